The van der Waals surface area contributed by atoms with Crippen molar-refractivity contribution >= 4 is 17.4 Å². The third-order valence-corrected chi connectivity index (χ3v) is 3.10. The van der Waals surface area contributed by atoms with Crippen LogP contribution in [0.25, 0.3) is 11.3 Å². The maximum absolute atomic E-state index is 5.74. The number of oxazole rings is 1. The third-order valence-electron chi connectivity index (χ3n) is 3.10. The molecule has 5 nitrogen and oxygen atoms in total. The van der Waals surface area contributed by atoms with Gasteiger partial charge >= 0.3 is 0 Å². The number of aromatic nitrogens is 1. The van der Waals surface area contributed by atoms with Crippen molar-refractivity contribution in [3.63, 3.8) is 0 Å². The lowest BCUT2D eigenvalue weighted by atomic mass is 10.2. The molecule has 0 saturated heterocycles. The van der Waals surface area contributed by atoms with Crippen molar-refractivity contribution in [3.8, 4) is 17.0 Å². The van der Waals surface area contributed by atoms with Crippen LogP contribution in [0.5, 0.6) is 5.75 Å². The fraction of sp³-hybridized carbons (Fsp3) is 0.118. The molecule has 0 aliphatic rings. The average Bonchev–Trinajstić information content (AvgIpc) is 2.97. The number of nitrogen functional groups attached to an aromatic ring is 1. The van der Waals surface area contributed by atoms with Gasteiger partial charge in [0.15, 0.2) is 0 Å². The predicted octanol–water partition coefficient (Wildman–Crippen LogP) is 4.07. The van der Waals surface area contributed by atoms with E-state index in [2.05, 4.69) is 10.3 Å². The molecule has 0 bridgehead atoms. The van der Waals surface area contributed by atoms with Gasteiger partial charge in [0, 0.05) is 16.9 Å². The van der Waals surface area contributed by atoms with Crippen LogP contribution in [-0.2, 0) is 0 Å². The lowest BCUT2D eigenvalue weighted by Gasteiger charge is -2.03. The molecule has 3 aromatic rings. The van der Waals surface area contributed by atoms with Crippen LogP contribution >= 0.6 is 0 Å². The summed E-state index contributed by atoms with van der Waals surface area (Å²) in [5.74, 6) is 0.841. The number of nitrogens with two attached hydrogens (primary N) is 1. The Bertz CT molecular complexity index is 751. The highest BCUT2D eigenvalue weighted by atomic mass is 16.5. The first kappa shape index (κ1) is 14.0. The Labute approximate surface area is 128 Å². The molecule has 1 aromatic heterocycles. The van der Waals surface area contributed by atoms with Gasteiger partial charge in [-0.3, -0.25) is 0 Å². The zero-order valence-electron chi connectivity index (χ0n) is 12.2. The molecule has 3 rings (SSSR count). The van der Waals surface area contributed by atoms with Gasteiger partial charge in [-0.15, -0.1) is 0 Å². The van der Waals surface area contributed by atoms with Gasteiger partial charge in [0.25, 0.3) is 6.01 Å². The molecule has 112 valence electrons. The molecular formula is C17H17N3O2. The van der Waals surface area contributed by atoms with Gasteiger partial charge in [-0.1, -0.05) is 6.07 Å². The number of hydrogen-bond donors (Lipinski definition) is 2. The van der Waals surface area contributed by atoms with Gasteiger partial charge in [0.05, 0.1) is 6.61 Å². The molecule has 0 aliphatic heterocycles. The summed E-state index contributed by atoms with van der Waals surface area (Å²) in [6.45, 7) is 2.61. The van der Waals surface area contributed by atoms with E-state index in [0.29, 0.717) is 18.3 Å². The number of rotatable bonds is 5. The van der Waals surface area contributed by atoms with Crippen molar-refractivity contribution in [2.24, 2.45) is 0 Å². The number of benzene rings is 2. The quantitative estimate of drug-likeness (QED) is 0.694. The molecule has 0 saturated carbocycles. The van der Waals surface area contributed by atoms with Crippen molar-refractivity contribution < 1.29 is 9.15 Å². The normalized spacial score (nSPS) is 10.4. The Morgan fingerprint density at radius 3 is 2.73 bits per heavy atom. The first-order chi connectivity index (χ1) is 10.7. The van der Waals surface area contributed by atoms with E-state index in [4.69, 9.17) is 14.9 Å². The number of anilines is 3. The number of nitrogens with zero attached hydrogens (tertiary/aromatic N) is 1. The van der Waals surface area contributed by atoms with Gasteiger partial charge in [-0.25, -0.2) is 0 Å². The number of nitrogens with one attached hydrogen (secondary N) is 1. The summed E-state index contributed by atoms with van der Waals surface area (Å²) in [5, 5.41) is 3.08. The molecule has 0 fully saturated rings. The van der Waals surface area contributed by atoms with E-state index in [0.717, 1.165) is 22.7 Å². The summed E-state index contributed by atoms with van der Waals surface area (Å²) in [6, 6.07) is 15.6. The Hall–Kier alpha value is -2.95. The molecule has 3 N–H and O–H groups in total. The summed E-state index contributed by atoms with van der Waals surface area (Å²) in [5.41, 5.74) is 8.99. The highest BCUT2D eigenvalue weighted by Crippen LogP contribution is 2.25. The van der Waals surface area contributed by atoms with Crippen LogP contribution in [0.15, 0.2) is 59.2 Å². The average molecular weight is 295 g/mol. The van der Waals surface area contributed by atoms with E-state index < -0.39 is 0 Å². The molecule has 22 heavy (non-hydrogen) atoms. The van der Waals surface area contributed by atoms with Crippen molar-refractivity contribution in [3.05, 3.63) is 54.8 Å². The largest absolute Gasteiger partial charge is 0.494 e. The van der Waals surface area contributed by atoms with Gasteiger partial charge in [-0.05, 0) is 49.4 Å². The Balaban J connectivity index is 1.75. The number of ether oxygens (including phenoxy) is 1. The Kier molecular flexibility index (Phi) is 3.96. The van der Waals surface area contributed by atoms with Crippen molar-refractivity contribution in [2.45, 2.75) is 6.92 Å². The van der Waals surface area contributed by atoms with Crippen LogP contribution in [0.1, 0.15) is 6.92 Å². The lowest BCUT2D eigenvalue weighted by molar-refractivity contribution is 0.340. The molecule has 0 spiro atoms. The van der Waals surface area contributed by atoms with E-state index in [1.165, 1.54) is 0 Å². The second-order valence-corrected chi connectivity index (χ2v) is 4.75. The van der Waals surface area contributed by atoms with Crippen LogP contribution in [0, 0.1) is 0 Å². The molecule has 2 aromatic carbocycles. The molecule has 0 radical (unpaired) electrons. The molecule has 0 amide bonds. The van der Waals surface area contributed by atoms with E-state index >= 15 is 0 Å². The molecule has 0 atom stereocenters. The molecule has 1 heterocycles. The van der Waals surface area contributed by atoms with Crippen molar-refractivity contribution in [1.29, 1.82) is 0 Å². The third kappa shape index (κ3) is 3.20. The van der Waals surface area contributed by atoms with Crippen LogP contribution in [0.2, 0.25) is 0 Å². The minimum Gasteiger partial charge on any atom is -0.494 e. The minimum atomic E-state index is 0.425. The number of hydrogen-bond acceptors (Lipinski definition) is 5. The van der Waals surface area contributed by atoms with Gasteiger partial charge in [0.2, 0.25) is 0 Å². The highest BCUT2D eigenvalue weighted by Gasteiger charge is 2.07. The fourth-order valence-corrected chi connectivity index (χ4v) is 2.09. The maximum atomic E-state index is 5.74. The summed E-state index contributed by atoms with van der Waals surface area (Å²) < 4.78 is 10.9. The maximum Gasteiger partial charge on any atom is 0.299 e. The van der Waals surface area contributed by atoms with E-state index in [1.54, 1.807) is 6.26 Å². The van der Waals surface area contributed by atoms with Gasteiger partial charge in [0.1, 0.15) is 17.7 Å². The lowest BCUT2D eigenvalue weighted by Crippen LogP contribution is -1.92. The van der Waals surface area contributed by atoms with Crippen LogP contribution in [0.3, 0.4) is 0 Å². The molecule has 5 heteroatoms. The second-order valence-electron chi connectivity index (χ2n) is 4.75. The molecule has 0 aliphatic carbocycles. The van der Waals surface area contributed by atoms with Crippen molar-refractivity contribution in [2.75, 3.05) is 17.7 Å². The zero-order valence-corrected chi connectivity index (χ0v) is 12.2. The summed E-state index contributed by atoms with van der Waals surface area (Å²) in [4.78, 5) is 4.42. The summed E-state index contributed by atoms with van der Waals surface area (Å²) in [7, 11) is 0. The monoisotopic (exact) mass is 295 g/mol. The van der Waals surface area contributed by atoms with E-state index in [-0.39, 0.29) is 0 Å². The Morgan fingerprint density at radius 2 is 2.00 bits per heavy atom. The van der Waals surface area contributed by atoms with Crippen molar-refractivity contribution in [1.82, 2.24) is 4.98 Å². The van der Waals surface area contributed by atoms with Crippen LogP contribution in [-0.4, -0.2) is 11.6 Å². The van der Waals surface area contributed by atoms with Crippen LogP contribution < -0.4 is 15.8 Å². The first-order valence-corrected chi connectivity index (χ1v) is 7.06. The standard InChI is InChI=1S/C17H17N3O2/c1-2-21-15-8-6-12(7-9-15)16-11-22-17(20-16)19-14-5-3-4-13(18)10-14/h3-11H,2,18H2,1H3,(H,19,20). The van der Waals surface area contributed by atoms with E-state index in [1.807, 2.05) is 55.5 Å². The van der Waals surface area contributed by atoms with E-state index in [9.17, 15) is 0 Å². The predicted molar refractivity (Wildman–Crippen MR) is 87.2 cm³/mol. The minimum absolute atomic E-state index is 0.425. The molecular weight excluding hydrogens is 278 g/mol. The smallest absolute Gasteiger partial charge is 0.299 e. The van der Waals surface area contributed by atoms with Crippen LogP contribution in [0.4, 0.5) is 17.4 Å². The fourth-order valence-electron chi connectivity index (χ4n) is 2.09. The highest BCUT2D eigenvalue weighted by molar-refractivity contribution is 5.63. The SMILES string of the molecule is CCOc1ccc(-c2coc(Nc3cccc(N)c3)n2)cc1. The topological polar surface area (TPSA) is 73.3 Å². The summed E-state index contributed by atoms with van der Waals surface area (Å²) >= 11 is 0. The Morgan fingerprint density at radius 1 is 1.18 bits per heavy atom. The summed E-state index contributed by atoms with van der Waals surface area (Å²) in [6.07, 6.45) is 1.62. The molecule has 0 unspecified atom stereocenters. The second kappa shape index (κ2) is 6.22. The van der Waals surface area contributed by atoms with Gasteiger partial charge < -0.3 is 20.2 Å². The van der Waals surface area contributed by atoms with Gasteiger partial charge in [-0.2, -0.15) is 4.98 Å². The zero-order chi connectivity index (χ0) is 15.4. The first-order valence-electron chi connectivity index (χ1n) is 7.06.